The minimum Gasteiger partial charge on any atom is -0.492 e. The van der Waals surface area contributed by atoms with Crippen LogP contribution >= 0.6 is 39.1 Å². The Hall–Kier alpha value is -1.23. The first-order valence-corrected chi connectivity index (χ1v) is 8.25. The maximum absolute atomic E-state index is 12.3. The zero-order valence-electron chi connectivity index (χ0n) is 11.8. The number of amides is 1. The summed E-state index contributed by atoms with van der Waals surface area (Å²) in [6.07, 6.45) is 0.920. The number of carbonyl (C=O) groups excluding carboxylic acids is 1. The van der Waals surface area contributed by atoms with Gasteiger partial charge in [0.25, 0.3) is 5.91 Å². The van der Waals surface area contributed by atoms with Crippen molar-refractivity contribution >= 4 is 50.7 Å². The lowest BCUT2D eigenvalue weighted by atomic mass is 10.2. The number of benzene rings is 2. The summed E-state index contributed by atoms with van der Waals surface area (Å²) < 4.78 is 6.29. The second-order valence-corrected chi connectivity index (χ2v) is 6.27. The van der Waals surface area contributed by atoms with Crippen LogP contribution in [0.1, 0.15) is 23.7 Å². The Morgan fingerprint density at radius 2 is 2.00 bits per heavy atom. The number of halogens is 3. The quantitative estimate of drug-likeness (QED) is 0.686. The molecule has 2 aromatic carbocycles. The van der Waals surface area contributed by atoms with E-state index >= 15 is 0 Å². The van der Waals surface area contributed by atoms with E-state index < -0.39 is 0 Å². The fraction of sp³-hybridized carbons (Fsp3) is 0.188. The predicted molar refractivity (Wildman–Crippen MR) is 94.3 cm³/mol. The number of hydrogen-bond acceptors (Lipinski definition) is 2. The van der Waals surface area contributed by atoms with E-state index in [1.54, 1.807) is 36.4 Å². The van der Waals surface area contributed by atoms with Crippen LogP contribution in [0, 0.1) is 0 Å². The van der Waals surface area contributed by atoms with Crippen LogP contribution in [-0.2, 0) is 0 Å². The molecule has 2 rings (SSSR count). The van der Waals surface area contributed by atoms with Crippen molar-refractivity contribution in [2.75, 3.05) is 11.9 Å². The van der Waals surface area contributed by atoms with Gasteiger partial charge in [-0.3, -0.25) is 4.79 Å². The van der Waals surface area contributed by atoms with E-state index in [9.17, 15) is 4.79 Å². The Morgan fingerprint density at radius 1 is 1.23 bits per heavy atom. The number of ether oxygens (including phenoxy) is 1. The van der Waals surface area contributed by atoms with Crippen LogP contribution in [0.4, 0.5) is 5.69 Å². The highest BCUT2D eigenvalue weighted by Gasteiger charge is 2.11. The summed E-state index contributed by atoms with van der Waals surface area (Å²) in [7, 11) is 0. The van der Waals surface area contributed by atoms with Crippen LogP contribution in [-0.4, -0.2) is 12.5 Å². The van der Waals surface area contributed by atoms with Gasteiger partial charge in [-0.1, -0.05) is 30.1 Å². The van der Waals surface area contributed by atoms with Gasteiger partial charge in [0.05, 0.1) is 21.8 Å². The summed E-state index contributed by atoms with van der Waals surface area (Å²) >= 11 is 15.3. The zero-order chi connectivity index (χ0) is 16.1. The molecule has 22 heavy (non-hydrogen) atoms. The molecule has 116 valence electrons. The second-order valence-electron chi connectivity index (χ2n) is 4.57. The van der Waals surface area contributed by atoms with Crippen molar-refractivity contribution in [1.82, 2.24) is 0 Å². The summed E-state index contributed by atoms with van der Waals surface area (Å²) in [6, 6.07) is 10.1. The summed E-state index contributed by atoms with van der Waals surface area (Å²) in [4.78, 5) is 12.3. The predicted octanol–water partition coefficient (Wildman–Crippen LogP) is 5.80. The SMILES string of the molecule is CCCOc1ccc(C(=O)Nc2ccc(Cl)cc2Cl)cc1Br. The van der Waals surface area contributed by atoms with E-state index in [4.69, 9.17) is 27.9 Å². The third-order valence-electron chi connectivity index (χ3n) is 2.84. The van der Waals surface area contributed by atoms with Gasteiger partial charge in [0.2, 0.25) is 0 Å². The summed E-state index contributed by atoms with van der Waals surface area (Å²) in [5, 5.41) is 3.66. The van der Waals surface area contributed by atoms with E-state index in [1.165, 1.54) is 0 Å². The first-order valence-electron chi connectivity index (χ1n) is 6.70. The Morgan fingerprint density at radius 3 is 2.64 bits per heavy atom. The first-order chi connectivity index (χ1) is 10.5. The normalized spacial score (nSPS) is 10.4. The molecule has 0 aliphatic rings. The number of hydrogen-bond donors (Lipinski definition) is 1. The summed E-state index contributed by atoms with van der Waals surface area (Å²) in [5.74, 6) is 0.454. The third-order valence-corrected chi connectivity index (χ3v) is 4.00. The molecule has 0 saturated carbocycles. The van der Waals surface area contributed by atoms with E-state index in [1.807, 2.05) is 6.92 Å². The van der Waals surface area contributed by atoms with Crippen molar-refractivity contribution in [2.45, 2.75) is 13.3 Å². The maximum atomic E-state index is 12.3. The Balaban J connectivity index is 2.14. The van der Waals surface area contributed by atoms with Gasteiger partial charge in [-0.15, -0.1) is 0 Å². The highest BCUT2D eigenvalue weighted by molar-refractivity contribution is 9.10. The lowest BCUT2D eigenvalue weighted by Gasteiger charge is -2.10. The van der Waals surface area contributed by atoms with Crippen LogP contribution in [0.5, 0.6) is 5.75 Å². The molecular formula is C16H14BrCl2NO2. The van der Waals surface area contributed by atoms with Gasteiger partial charge in [0.1, 0.15) is 5.75 Å². The highest BCUT2D eigenvalue weighted by atomic mass is 79.9. The van der Waals surface area contributed by atoms with Crippen molar-refractivity contribution in [3.63, 3.8) is 0 Å². The molecule has 3 nitrogen and oxygen atoms in total. The number of carbonyl (C=O) groups is 1. The average Bonchev–Trinajstić information content (AvgIpc) is 2.48. The number of rotatable bonds is 5. The molecule has 2 aromatic rings. The van der Waals surface area contributed by atoms with Crippen LogP contribution < -0.4 is 10.1 Å². The number of anilines is 1. The van der Waals surface area contributed by atoms with Crippen molar-refractivity contribution < 1.29 is 9.53 Å². The summed E-state index contributed by atoms with van der Waals surface area (Å²) in [6.45, 7) is 2.66. The van der Waals surface area contributed by atoms with Gasteiger partial charge >= 0.3 is 0 Å². The molecule has 0 bridgehead atoms. The van der Waals surface area contributed by atoms with Gasteiger partial charge < -0.3 is 10.1 Å². The first kappa shape index (κ1) is 17.1. The van der Waals surface area contributed by atoms with Crippen molar-refractivity contribution in [2.24, 2.45) is 0 Å². The summed E-state index contributed by atoms with van der Waals surface area (Å²) in [5.41, 5.74) is 1.01. The third kappa shape index (κ3) is 4.38. The van der Waals surface area contributed by atoms with E-state index in [-0.39, 0.29) is 5.91 Å². The Kier molecular flexibility index (Phi) is 6.12. The molecule has 0 aliphatic heterocycles. The largest absolute Gasteiger partial charge is 0.492 e. The molecule has 0 spiro atoms. The molecule has 1 amide bonds. The Bertz CT molecular complexity index is 692. The topological polar surface area (TPSA) is 38.3 Å². The molecule has 0 atom stereocenters. The molecule has 0 aromatic heterocycles. The van der Waals surface area contributed by atoms with E-state index in [2.05, 4.69) is 21.2 Å². The Labute approximate surface area is 147 Å². The standard InChI is InChI=1S/C16H14BrCl2NO2/c1-2-7-22-15-6-3-10(8-12(15)17)16(21)20-14-5-4-11(18)9-13(14)19/h3-6,8-9H,2,7H2,1H3,(H,20,21). The van der Waals surface area contributed by atoms with Gasteiger partial charge in [0, 0.05) is 10.6 Å². The second kappa shape index (κ2) is 7.86. The van der Waals surface area contributed by atoms with Gasteiger partial charge in [-0.2, -0.15) is 0 Å². The van der Waals surface area contributed by atoms with Gasteiger partial charge in [0.15, 0.2) is 0 Å². The molecule has 1 N–H and O–H groups in total. The van der Waals surface area contributed by atoms with Crippen LogP contribution in [0.15, 0.2) is 40.9 Å². The van der Waals surface area contributed by atoms with E-state index in [0.29, 0.717) is 33.7 Å². The molecule has 0 radical (unpaired) electrons. The van der Waals surface area contributed by atoms with Crippen LogP contribution in [0.2, 0.25) is 10.0 Å². The fourth-order valence-electron chi connectivity index (χ4n) is 1.76. The minimum atomic E-state index is -0.257. The molecular weight excluding hydrogens is 389 g/mol. The monoisotopic (exact) mass is 401 g/mol. The average molecular weight is 403 g/mol. The molecule has 0 fully saturated rings. The molecule has 6 heteroatoms. The van der Waals surface area contributed by atoms with Crippen molar-refractivity contribution in [3.8, 4) is 5.75 Å². The molecule has 0 heterocycles. The van der Waals surface area contributed by atoms with E-state index in [0.717, 1.165) is 10.9 Å². The maximum Gasteiger partial charge on any atom is 0.255 e. The minimum absolute atomic E-state index is 0.257. The van der Waals surface area contributed by atoms with Crippen molar-refractivity contribution in [1.29, 1.82) is 0 Å². The molecule has 0 saturated heterocycles. The van der Waals surface area contributed by atoms with Gasteiger partial charge in [-0.05, 0) is 58.7 Å². The van der Waals surface area contributed by atoms with Crippen LogP contribution in [0.3, 0.4) is 0 Å². The zero-order valence-corrected chi connectivity index (χ0v) is 14.9. The highest BCUT2D eigenvalue weighted by Crippen LogP contribution is 2.28. The fourth-order valence-corrected chi connectivity index (χ4v) is 2.71. The van der Waals surface area contributed by atoms with Crippen molar-refractivity contribution in [3.05, 3.63) is 56.5 Å². The molecule has 0 aliphatic carbocycles. The lowest BCUT2D eigenvalue weighted by Crippen LogP contribution is -2.12. The van der Waals surface area contributed by atoms with Gasteiger partial charge in [-0.25, -0.2) is 0 Å². The molecule has 0 unspecified atom stereocenters. The smallest absolute Gasteiger partial charge is 0.255 e. The lowest BCUT2D eigenvalue weighted by molar-refractivity contribution is 0.102. The number of nitrogens with one attached hydrogen (secondary N) is 1. The van der Waals surface area contributed by atoms with Crippen LogP contribution in [0.25, 0.3) is 0 Å².